The van der Waals surface area contributed by atoms with Gasteiger partial charge in [-0.05, 0) is 141 Å². The molecule has 11 nitrogen and oxygen atoms in total. The molecular weight excluding hydrogens is 1020 g/mol. The normalized spacial score (nSPS) is 14.5. The number of rotatable bonds is 53. The molecule has 0 aliphatic carbocycles. The predicted octanol–water partition coefficient (Wildman–Crippen LogP) is 18.2. The van der Waals surface area contributed by atoms with Gasteiger partial charge >= 0.3 is 25.7 Å². The standard InChI is InChI=1S/C68H105O11P/c1-4-7-10-13-16-19-22-25-28-31-32-35-38-41-44-47-50-53-56-59-68(72)79-65(61-75-66(70)57-54-51-48-45-42-39-36-33-29-26-23-20-17-14-11-8-5-2)63-77-80(73,74)76-62-64(60-69)78-67(71)58-55-52-49-46-43-40-37-34-30-27-24-21-18-15-12-9-6-3/h7-12,16-21,25-30,32,35-37,39-41,44,46,49,64-65,69H,4-6,13-15,22-24,31,33-34,38,42-43,45,47-48,50-63H2,1-3H3,(H,73,74)/b10-7-,11-8-,12-9-,19-16-,20-17-,21-18-,28-25-,29-26-,30-27-,35-32-,39-36-,40-37-,44-41-,49-46-. The van der Waals surface area contributed by atoms with E-state index < -0.39 is 57.8 Å². The van der Waals surface area contributed by atoms with Crippen molar-refractivity contribution in [2.24, 2.45) is 0 Å². The molecule has 0 rings (SSSR count). The van der Waals surface area contributed by atoms with Crippen molar-refractivity contribution in [3.05, 3.63) is 170 Å². The van der Waals surface area contributed by atoms with Gasteiger partial charge in [-0.2, -0.15) is 0 Å². The summed E-state index contributed by atoms with van der Waals surface area (Å²) in [6.45, 7) is 4.15. The van der Waals surface area contributed by atoms with Crippen LogP contribution in [0.3, 0.4) is 0 Å². The van der Waals surface area contributed by atoms with Gasteiger partial charge in [-0.25, -0.2) is 4.57 Å². The zero-order valence-corrected chi connectivity index (χ0v) is 50.4. The molecule has 3 unspecified atom stereocenters. The molecule has 0 saturated heterocycles. The first-order valence-corrected chi connectivity index (χ1v) is 31.5. The summed E-state index contributed by atoms with van der Waals surface area (Å²) in [5, 5.41) is 9.83. The molecule has 0 aromatic rings. The van der Waals surface area contributed by atoms with Crippen LogP contribution in [-0.2, 0) is 42.2 Å². The van der Waals surface area contributed by atoms with Crippen molar-refractivity contribution in [2.45, 2.75) is 213 Å². The topological polar surface area (TPSA) is 155 Å². The molecule has 0 saturated carbocycles. The molecule has 0 heterocycles. The Bertz CT molecular complexity index is 1990. The number of carbonyl (C=O) groups is 3. The number of phosphoric acid groups is 1. The van der Waals surface area contributed by atoms with Gasteiger partial charge < -0.3 is 24.2 Å². The van der Waals surface area contributed by atoms with Crippen LogP contribution in [0.4, 0.5) is 0 Å². The van der Waals surface area contributed by atoms with E-state index in [1.54, 1.807) is 0 Å². The smallest absolute Gasteiger partial charge is 0.462 e. The maximum absolute atomic E-state index is 12.9. The van der Waals surface area contributed by atoms with Crippen LogP contribution in [0.2, 0.25) is 0 Å². The zero-order valence-electron chi connectivity index (χ0n) is 49.5. The Morgan fingerprint density at radius 2 is 0.625 bits per heavy atom. The van der Waals surface area contributed by atoms with Crippen molar-refractivity contribution in [2.75, 3.05) is 26.4 Å². The average molecular weight is 1130 g/mol. The van der Waals surface area contributed by atoms with Crippen molar-refractivity contribution in [3.8, 4) is 0 Å². The Kier molecular flexibility index (Phi) is 56.1. The number of hydrogen-bond acceptors (Lipinski definition) is 10. The van der Waals surface area contributed by atoms with Crippen LogP contribution in [0.15, 0.2) is 170 Å². The van der Waals surface area contributed by atoms with Crippen molar-refractivity contribution in [1.29, 1.82) is 0 Å². The Balaban J connectivity index is 4.91. The third kappa shape index (κ3) is 57.5. The monoisotopic (exact) mass is 1130 g/mol. The fourth-order valence-electron chi connectivity index (χ4n) is 7.17. The number of aliphatic hydroxyl groups excluding tert-OH is 1. The fourth-order valence-corrected chi connectivity index (χ4v) is 7.96. The summed E-state index contributed by atoms with van der Waals surface area (Å²) in [6, 6.07) is 0. The van der Waals surface area contributed by atoms with Crippen molar-refractivity contribution < 1.29 is 52.2 Å². The first-order chi connectivity index (χ1) is 39.2. The lowest BCUT2D eigenvalue weighted by Crippen LogP contribution is -2.30. The Morgan fingerprint density at radius 1 is 0.350 bits per heavy atom. The first kappa shape index (κ1) is 74.8. The third-order valence-corrected chi connectivity index (χ3v) is 12.6. The van der Waals surface area contributed by atoms with Gasteiger partial charge in [0, 0.05) is 19.3 Å². The quantitative estimate of drug-likeness (QED) is 0.0197. The lowest BCUT2D eigenvalue weighted by atomic mass is 10.1. The van der Waals surface area contributed by atoms with Crippen LogP contribution in [0.1, 0.15) is 201 Å². The van der Waals surface area contributed by atoms with Crippen LogP contribution < -0.4 is 0 Å². The molecular formula is C68H105O11P. The van der Waals surface area contributed by atoms with E-state index in [9.17, 15) is 28.9 Å². The summed E-state index contributed by atoms with van der Waals surface area (Å²) in [7, 11) is -4.80. The molecule has 0 aromatic heterocycles. The number of hydrogen-bond donors (Lipinski definition) is 2. The minimum Gasteiger partial charge on any atom is -0.462 e. The number of carbonyl (C=O) groups excluding carboxylic acids is 3. The summed E-state index contributed by atoms with van der Waals surface area (Å²) in [6.07, 6.45) is 80.3. The molecule has 80 heavy (non-hydrogen) atoms. The number of unbranched alkanes of at least 4 members (excludes halogenated alkanes) is 8. The highest BCUT2D eigenvalue weighted by Crippen LogP contribution is 2.43. The summed E-state index contributed by atoms with van der Waals surface area (Å²) in [5.41, 5.74) is 0. The number of esters is 3. The van der Waals surface area contributed by atoms with Crippen LogP contribution >= 0.6 is 7.82 Å². The second-order valence-electron chi connectivity index (χ2n) is 19.0. The minimum atomic E-state index is -4.80. The van der Waals surface area contributed by atoms with Crippen LogP contribution in [0.5, 0.6) is 0 Å². The molecule has 0 aliphatic rings. The SMILES string of the molecule is CC/C=C\C/C=C\C/C=C\C/C=C\C/C=C\CCCCCC(=O)OC(COC(=O)CCCCCC/C=C\C/C=C\C/C=C\C/C=C\CC)COP(=O)(O)OCC(CO)OC(=O)CCC/C=C\C/C=C\C/C=C\C/C=C\C/C=C\CC. The predicted molar refractivity (Wildman–Crippen MR) is 334 cm³/mol. The van der Waals surface area contributed by atoms with Crippen molar-refractivity contribution >= 4 is 25.7 Å². The van der Waals surface area contributed by atoms with E-state index in [0.717, 1.165) is 135 Å². The average Bonchev–Trinajstić information content (AvgIpc) is 3.45. The van der Waals surface area contributed by atoms with Crippen LogP contribution in [0.25, 0.3) is 0 Å². The Hall–Kier alpha value is -5.16. The van der Waals surface area contributed by atoms with Gasteiger partial charge in [0.2, 0.25) is 0 Å². The van der Waals surface area contributed by atoms with Gasteiger partial charge in [-0.3, -0.25) is 23.4 Å². The molecule has 12 heteroatoms. The van der Waals surface area contributed by atoms with Gasteiger partial charge in [0.15, 0.2) is 6.10 Å². The molecule has 0 spiro atoms. The summed E-state index contributed by atoms with van der Waals surface area (Å²) in [4.78, 5) is 48.6. The molecule has 2 N–H and O–H groups in total. The van der Waals surface area contributed by atoms with Gasteiger partial charge in [0.05, 0.1) is 19.8 Å². The Morgan fingerprint density at radius 3 is 0.988 bits per heavy atom. The van der Waals surface area contributed by atoms with Gasteiger partial charge in [0.1, 0.15) is 12.7 Å². The summed E-state index contributed by atoms with van der Waals surface area (Å²) < 4.78 is 39.5. The molecule has 0 radical (unpaired) electrons. The van der Waals surface area contributed by atoms with Gasteiger partial charge in [-0.15, -0.1) is 0 Å². The van der Waals surface area contributed by atoms with E-state index in [-0.39, 0.29) is 25.9 Å². The highest BCUT2D eigenvalue weighted by molar-refractivity contribution is 7.47. The van der Waals surface area contributed by atoms with E-state index in [1.807, 2.05) is 12.2 Å². The van der Waals surface area contributed by atoms with Gasteiger partial charge in [-0.1, -0.05) is 210 Å². The highest BCUT2D eigenvalue weighted by atomic mass is 31.2. The maximum Gasteiger partial charge on any atom is 0.472 e. The minimum absolute atomic E-state index is 0.0842. The van der Waals surface area contributed by atoms with E-state index in [2.05, 4.69) is 179 Å². The van der Waals surface area contributed by atoms with E-state index in [4.69, 9.17) is 23.3 Å². The van der Waals surface area contributed by atoms with E-state index in [1.165, 1.54) is 0 Å². The molecule has 0 fully saturated rings. The molecule has 0 amide bonds. The Labute approximate surface area is 485 Å². The summed E-state index contributed by atoms with van der Waals surface area (Å²) >= 11 is 0. The summed E-state index contributed by atoms with van der Waals surface area (Å²) in [5.74, 6) is -1.62. The largest absolute Gasteiger partial charge is 0.472 e. The molecule has 448 valence electrons. The lowest BCUT2D eigenvalue weighted by Gasteiger charge is -2.21. The fraction of sp³-hybridized carbons (Fsp3) is 0.544. The molecule has 0 aliphatic heterocycles. The molecule has 0 bridgehead atoms. The second-order valence-corrected chi connectivity index (χ2v) is 20.5. The van der Waals surface area contributed by atoms with Crippen molar-refractivity contribution in [3.63, 3.8) is 0 Å². The van der Waals surface area contributed by atoms with Crippen LogP contribution in [-0.4, -0.2) is 66.5 Å². The first-order valence-electron chi connectivity index (χ1n) is 30.0. The zero-order chi connectivity index (χ0) is 58.3. The number of ether oxygens (including phenoxy) is 3. The number of allylic oxidation sites excluding steroid dienone is 28. The van der Waals surface area contributed by atoms with Gasteiger partial charge in [0.25, 0.3) is 0 Å². The molecule has 3 atom stereocenters. The van der Waals surface area contributed by atoms with E-state index >= 15 is 0 Å². The second kappa shape index (κ2) is 59.9. The molecule has 0 aromatic carbocycles. The third-order valence-electron chi connectivity index (χ3n) is 11.6. The maximum atomic E-state index is 12.9. The van der Waals surface area contributed by atoms with Crippen molar-refractivity contribution in [1.82, 2.24) is 0 Å². The number of aliphatic hydroxyl groups is 1. The van der Waals surface area contributed by atoms with Crippen LogP contribution in [0, 0.1) is 0 Å². The number of phosphoric ester groups is 1. The highest BCUT2D eigenvalue weighted by Gasteiger charge is 2.28. The van der Waals surface area contributed by atoms with E-state index in [0.29, 0.717) is 25.7 Å². The lowest BCUT2D eigenvalue weighted by molar-refractivity contribution is -0.161.